The van der Waals surface area contributed by atoms with Crippen molar-refractivity contribution in [2.24, 2.45) is 0 Å². The van der Waals surface area contributed by atoms with Crippen molar-refractivity contribution in [2.75, 3.05) is 32.7 Å². The van der Waals surface area contributed by atoms with E-state index in [2.05, 4.69) is 11.8 Å². The van der Waals surface area contributed by atoms with E-state index in [1.807, 2.05) is 0 Å². The van der Waals surface area contributed by atoms with Crippen LogP contribution in [0.15, 0.2) is 21.6 Å². The highest BCUT2D eigenvalue weighted by Gasteiger charge is 2.28. The molecule has 0 N–H and O–H groups in total. The zero-order valence-corrected chi connectivity index (χ0v) is 11.7. The smallest absolute Gasteiger partial charge is 0.276 e. The molecule has 0 atom stereocenters. The largest absolute Gasteiger partial charge is 0.449 e. The Morgan fingerprint density at radius 3 is 2.61 bits per heavy atom. The van der Waals surface area contributed by atoms with E-state index in [1.165, 1.54) is 10.4 Å². The molecular formula is C12H20N2O3S. The van der Waals surface area contributed by atoms with Crippen LogP contribution in [0.2, 0.25) is 0 Å². The van der Waals surface area contributed by atoms with Crippen LogP contribution in [0, 0.1) is 6.92 Å². The van der Waals surface area contributed by atoms with Crippen molar-refractivity contribution >= 4 is 10.0 Å². The maximum absolute atomic E-state index is 12.4. The fraction of sp³-hybridized carbons (Fsp3) is 0.667. The molecule has 6 heteroatoms. The van der Waals surface area contributed by atoms with E-state index in [-0.39, 0.29) is 5.09 Å². The van der Waals surface area contributed by atoms with Crippen molar-refractivity contribution < 1.29 is 12.8 Å². The van der Waals surface area contributed by atoms with Gasteiger partial charge in [0.1, 0.15) is 5.76 Å². The maximum atomic E-state index is 12.4. The zero-order valence-electron chi connectivity index (χ0n) is 10.9. The number of likely N-dealkylation sites (N-methyl/N-ethyl adjacent to an activating group) is 1. The maximum Gasteiger partial charge on any atom is 0.276 e. The lowest BCUT2D eigenvalue weighted by Crippen LogP contribution is -2.35. The van der Waals surface area contributed by atoms with Crippen molar-refractivity contribution in [1.82, 2.24) is 9.21 Å². The van der Waals surface area contributed by atoms with Gasteiger partial charge in [-0.1, -0.05) is 6.92 Å². The first-order chi connectivity index (χ1) is 8.54. The van der Waals surface area contributed by atoms with Crippen LogP contribution >= 0.6 is 0 Å². The van der Waals surface area contributed by atoms with Crippen LogP contribution in [0.25, 0.3) is 0 Å². The molecule has 1 fully saturated rings. The summed E-state index contributed by atoms with van der Waals surface area (Å²) in [6.45, 7) is 7.66. The second-order valence-corrected chi connectivity index (χ2v) is 6.43. The summed E-state index contributed by atoms with van der Waals surface area (Å²) >= 11 is 0. The molecule has 1 aliphatic heterocycles. The molecule has 2 rings (SSSR count). The van der Waals surface area contributed by atoms with Crippen LogP contribution in [0.5, 0.6) is 0 Å². The van der Waals surface area contributed by atoms with E-state index in [9.17, 15) is 8.42 Å². The quantitative estimate of drug-likeness (QED) is 0.832. The van der Waals surface area contributed by atoms with E-state index in [4.69, 9.17) is 4.42 Å². The van der Waals surface area contributed by atoms with Crippen molar-refractivity contribution in [3.63, 3.8) is 0 Å². The monoisotopic (exact) mass is 272 g/mol. The number of hydrogen-bond acceptors (Lipinski definition) is 4. The average molecular weight is 272 g/mol. The molecule has 5 nitrogen and oxygen atoms in total. The third kappa shape index (κ3) is 2.76. The highest BCUT2D eigenvalue weighted by molar-refractivity contribution is 7.89. The molecule has 1 aromatic heterocycles. The highest BCUT2D eigenvalue weighted by atomic mass is 32.2. The predicted octanol–water partition coefficient (Wildman–Crippen LogP) is 1.30. The van der Waals surface area contributed by atoms with E-state index < -0.39 is 10.0 Å². The summed E-state index contributed by atoms with van der Waals surface area (Å²) in [5.41, 5.74) is 0. The molecule has 0 amide bonds. The molecule has 1 saturated heterocycles. The van der Waals surface area contributed by atoms with Gasteiger partial charge in [-0.15, -0.1) is 0 Å². The Labute approximate surface area is 108 Å². The number of aryl methyl sites for hydroxylation is 1. The van der Waals surface area contributed by atoms with Gasteiger partial charge in [0, 0.05) is 19.6 Å². The summed E-state index contributed by atoms with van der Waals surface area (Å²) in [6.07, 6.45) is 0.868. The second-order valence-electron chi connectivity index (χ2n) is 4.56. The van der Waals surface area contributed by atoms with Gasteiger partial charge in [0.2, 0.25) is 5.09 Å². The molecule has 0 saturated carbocycles. The Bertz CT molecular complexity index is 495. The molecule has 2 heterocycles. The number of rotatable bonds is 3. The van der Waals surface area contributed by atoms with Gasteiger partial charge in [0.25, 0.3) is 10.0 Å². The third-order valence-electron chi connectivity index (χ3n) is 3.30. The number of nitrogens with zero attached hydrogens (tertiary/aromatic N) is 2. The molecule has 0 bridgehead atoms. The Hall–Kier alpha value is -0.850. The van der Waals surface area contributed by atoms with Gasteiger partial charge in [-0.05, 0) is 38.6 Å². The third-order valence-corrected chi connectivity index (χ3v) is 5.08. The lowest BCUT2D eigenvalue weighted by molar-refractivity contribution is 0.300. The summed E-state index contributed by atoms with van der Waals surface area (Å²) in [5.74, 6) is 0.624. The first-order valence-electron chi connectivity index (χ1n) is 6.33. The average Bonchev–Trinajstić information content (AvgIpc) is 2.65. The first-order valence-corrected chi connectivity index (χ1v) is 7.77. The van der Waals surface area contributed by atoms with Gasteiger partial charge < -0.3 is 9.32 Å². The van der Waals surface area contributed by atoms with Gasteiger partial charge >= 0.3 is 0 Å². The molecule has 0 spiro atoms. The molecule has 0 unspecified atom stereocenters. The van der Waals surface area contributed by atoms with E-state index in [1.54, 1.807) is 13.0 Å². The zero-order chi connectivity index (χ0) is 13.2. The fourth-order valence-electron chi connectivity index (χ4n) is 2.18. The van der Waals surface area contributed by atoms with Crippen molar-refractivity contribution in [1.29, 1.82) is 0 Å². The molecular weight excluding hydrogens is 252 g/mol. The van der Waals surface area contributed by atoms with Crippen LogP contribution in [0.4, 0.5) is 0 Å². The molecule has 1 aliphatic rings. The van der Waals surface area contributed by atoms with Gasteiger partial charge in [0.05, 0.1) is 0 Å². The first kappa shape index (κ1) is 13.6. The molecule has 1 aromatic rings. The van der Waals surface area contributed by atoms with Crippen LogP contribution in [0.3, 0.4) is 0 Å². The Balaban J connectivity index is 2.15. The van der Waals surface area contributed by atoms with Crippen molar-refractivity contribution in [3.8, 4) is 0 Å². The number of hydrogen-bond donors (Lipinski definition) is 0. The van der Waals surface area contributed by atoms with Crippen molar-refractivity contribution in [3.05, 3.63) is 17.9 Å². The van der Waals surface area contributed by atoms with E-state index in [0.29, 0.717) is 18.8 Å². The number of sulfonamides is 1. The Morgan fingerprint density at radius 2 is 2.00 bits per heavy atom. The molecule has 102 valence electrons. The van der Waals surface area contributed by atoms with Crippen LogP contribution in [-0.2, 0) is 10.0 Å². The lowest BCUT2D eigenvalue weighted by atomic mass is 10.4. The Morgan fingerprint density at radius 1 is 1.22 bits per heavy atom. The summed E-state index contributed by atoms with van der Waals surface area (Å²) in [6, 6.07) is 3.22. The fourth-order valence-corrected chi connectivity index (χ4v) is 3.60. The summed E-state index contributed by atoms with van der Waals surface area (Å²) in [5, 5.41) is 0.0601. The summed E-state index contributed by atoms with van der Waals surface area (Å²) in [4.78, 5) is 2.27. The lowest BCUT2D eigenvalue weighted by Gasteiger charge is -2.19. The summed E-state index contributed by atoms with van der Waals surface area (Å²) < 4.78 is 31.5. The second kappa shape index (κ2) is 5.42. The van der Waals surface area contributed by atoms with Gasteiger partial charge in [0.15, 0.2) is 0 Å². The molecule has 0 aliphatic carbocycles. The minimum absolute atomic E-state index is 0.0601. The van der Waals surface area contributed by atoms with Crippen LogP contribution < -0.4 is 0 Å². The molecule has 18 heavy (non-hydrogen) atoms. The van der Waals surface area contributed by atoms with Gasteiger partial charge in [-0.3, -0.25) is 0 Å². The van der Waals surface area contributed by atoms with E-state index >= 15 is 0 Å². The highest BCUT2D eigenvalue weighted by Crippen LogP contribution is 2.19. The van der Waals surface area contributed by atoms with Crippen molar-refractivity contribution in [2.45, 2.75) is 25.4 Å². The number of furan rings is 1. The van der Waals surface area contributed by atoms with Crippen LogP contribution in [-0.4, -0.2) is 50.3 Å². The minimum Gasteiger partial charge on any atom is -0.449 e. The molecule has 0 radical (unpaired) electrons. The van der Waals surface area contributed by atoms with E-state index in [0.717, 1.165) is 26.1 Å². The minimum atomic E-state index is -3.46. The topological polar surface area (TPSA) is 53.8 Å². The standard InChI is InChI=1S/C12H20N2O3S/c1-3-13-7-4-8-14(10-9-13)18(15,16)12-6-5-11(2)17-12/h5-6H,3-4,7-10H2,1-2H3. The SMILES string of the molecule is CCN1CCCN(S(=O)(=O)c2ccc(C)o2)CC1. The van der Waals surface area contributed by atoms with Gasteiger partial charge in [-0.25, -0.2) is 8.42 Å². The molecule has 0 aromatic carbocycles. The summed E-state index contributed by atoms with van der Waals surface area (Å²) in [7, 11) is -3.46. The Kier molecular flexibility index (Phi) is 4.09. The van der Waals surface area contributed by atoms with Crippen LogP contribution in [0.1, 0.15) is 19.1 Å². The van der Waals surface area contributed by atoms with Gasteiger partial charge in [-0.2, -0.15) is 4.31 Å². The normalized spacial score (nSPS) is 19.9. The predicted molar refractivity (Wildman–Crippen MR) is 68.9 cm³/mol.